The number of hydrogen-bond donors (Lipinski definition) is 0. The van der Waals surface area contributed by atoms with Gasteiger partial charge in [-0.2, -0.15) is 4.98 Å². The average molecular weight is 336 g/mol. The minimum absolute atomic E-state index is 0.212. The standard InChI is InChI=1S/C17H10ClN3.C3H8/c18-17-20-15(14-6-3-9-19-16(14)21-17)13-8-7-11-4-1-2-5-12(11)10-13;1-3-2/h1-10H;3H2,1-2H3. The van der Waals surface area contributed by atoms with Crippen molar-refractivity contribution in [1.82, 2.24) is 15.0 Å². The smallest absolute Gasteiger partial charge is 0.225 e. The maximum atomic E-state index is 6.03. The highest BCUT2D eigenvalue weighted by molar-refractivity contribution is 6.28. The summed E-state index contributed by atoms with van der Waals surface area (Å²) >= 11 is 6.03. The topological polar surface area (TPSA) is 38.7 Å². The molecule has 0 radical (unpaired) electrons. The number of fused-ring (bicyclic) bond motifs is 2. The Morgan fingerprint density at radius 2 is 1.62 bits per heavy atom. The third-order valence-corrected chi connectivity index (χ3v) is 3.64. The molecular weight excluding hydrogens is 318 g/mol. The maximum Gasteiger partial charge on any atom is 0.225 e. The van der Waals surface area contributed by atoms with E-state index >= 15 is 0 Å². The molecule has 120 valence electrons. The molecule has 0 saturated heterocycles. The summed E-state index contributed by atoms with van der Waals surface area (Å²) in [5.74, 6) is 0. The van der Waals surface area contributed by atoms with Gasteiger partial charge in [0.15, 0.2) is 5.65 Å². The Labute approximate surface area is 146 Å². The SMILES string of the molecule is CCC.Clc1nc(-c2ccc3ccccc3c2)c2cccnc2n1. The molecule has 0 N–H and O–H groups in total. The van der Waals surface area contributed by atoms with Crippen LogP contribution in [-0.4, -0.2) is 15.0 Å². The second kappa shape index (κ2) is 7.37. The Kier molecular flexibility index (Phi) is 5.02. The lowest BCUT2D eigenvalue weighted by Crippen LogP contribution is -1.93. The van der Waals surface area contributed by atoms with Crippen molar-refractivity contribution in [2.75, 3.05) is 0 Å². The first-order valence-corrected chi connectivity index (χ1v) is 8.38. The third kappa shape index (κ3) is 3.36. The summed E-state index contributed by atoms with van der Waals surface area (Å²) in [5.41, 5.74) is 2.43. The van der Waals surface area contributed by atoms with Crippen LogP contribution in [0.2, 0.25) is 5.28 Å². The number of rotatable bonds is 1. The van der Waals surface area contributed by atoms with Crippen LogP contribution in [0.25, 0.3) is 33.1 Å². The fraction of sp³-hybridized carbons (Fsp3) is 0.150. The Morgan fingerprint density at radius 1 is 0.875 bits per heavy atom. The molecule has 2 heterocycles. The lowest BCUT2D eigenvalue weighted by atomic mass is 10.0. The number of benzene rings is 2. The molecule has 0 aliphatic rings. The van der Waals surface area contributed by atoms with Crippen molar-refractivity contribution in [2.24, 2.45) is 0 Å². The van der Waals surface area contributed by atoms with Crippen molar-refractivity contribution in [3.8, 4) is 11.3 Å². The summed E-state index contributed by atoms with van der Waals surface area (Å²) in [6, 6.07) is 18.3. The summed E-state index contributed by atoms with van der Waals surface area (Å²) in [6.45, 7) is 4.25. The van der Waals surface area contributed by atoms with Crippen LogP contribution < -0.4 is 0 Å². The molecule has 3 nitrogen and oxygen atoms in total. The molecule has 0 aliphatic heterocycles. The van der Waals surface area contributed by atoms with Crippen molar-refractivity contribution in [3.05, 3.63) is 66.1 Å². The minimum atomic E-state index is 0.212. The first-order valence-electron chi connectivity index (χ1n) is 8.00. The predicted molar refractivity (Wildman–Crippen MR) is 101 cm³/mol. The number of nitrogens with zero attached hydrogens (tertiary/aromatic N) is 3. The van der Waals surface area contributed by atoms with Crippen LogP contribution in [-0.2, 0) is 0 Å². The molecule has 4 heteroatoms. The van der Waals surface area contributed by atoms with Crippen LogP contribution >= 0.6 is 11.6 Å². The van der Waals surface area contributed by atoms with Gasteiger partial charge in [0.05, 0.1) is 5.69 Å². The van der Waals surface area contributed by atoms with Crippen LogP contribution in [0.5, 0.6) is 0 Å². The third-order valence-electron chi connectivity index (χ3n) is 3.47. The number of pyridine rings is 1. The summed E-state index contributed by atoms with van der Waals surface area (Å²) < 4.78 is 0. The molecular formula is C20H18ClN3. The molecule has 2 aromatic carbocycles. The van der Waals surface area contributed by atoms with Gasteiger partial charge in [0.2, 0.25) is 5.28 Å². The van der Waals surface area contributed by atoms with E-state index in [1.54, 1.807) is 6.20 Å². The molecule has 0 saturated carbocycles. The first kappa shape index (κ1) is 16.3. The fourth-order valence-corrected chi connectivity index (χ4v) is 2.66. The van der Waals surface area contributed by atoms with E-state index in [1.807, 2.05) is 30.3 Å². The first-order chi connectivity index (χ1) is 11.7. The molecule has 24 heavy (non-hydrogen) atoms. The van der Waals surface area contributed by atoms with Crippen LogP contribution in [0, 0.1) is 0 Å². The van der Waals surface area contributed by atoms with Crippen LogP contribution in [0.15, 0.2) is 60.8 Å². The minimum Gasteiger partial charge on any atom is -0.236 e. The van der Waals surface area contributed by atoms with Gasteiger partial charge in [-0.25, -0.2) is 9.97 Å². The van der Waals surface area contributed by atoms with Gasteiger partial charge in [-0.15, -0.1) is 0 Å². The van der Waals surface area contributed by atoms with Gasteiger partial charge in [-0.3, -0.25) is 0 Å². The van der Waals surface area contributed by atoms with E-state index in [2.05, 4.69) is 53.1 Å². The van der Waals surface area contributed by atoms with Gasteiger partial charge >= 0.3 is 0 Å². The van der Waals surface area contributed by atoms with Gasteiger partial charge in [0.25, 0.3) is 0 Å². The molecule has 0 aliphatic carbocycles. The van der Waals surface area contributed by atoms with E-state index in [4.69, 9.17) is 11.6 Å². The molecule has 0 atom stereocenters. The molecule has 0 fully saturated rings. The predicted octanol–water partition coefficient (Wildman–Crippen LogP) is 5.91. The second-order valence-corrected chi connectivity index (χ2v) is 5.82. The maximum absolute atomic E-state index is 6.03. The summed E-state index contributed by atoms with van der Waals surface area (Å²) in [5, 5.41) is 3.48. The van der Waals surface area contributed by atoms with Gasteiger partial charge in [-0.05, 0) is 40.6 Å². The highest BCUT2D eigenvalue weighted by Crippen LogP contribution is 2.28. The Balaban J connectivity index is 0.000000526. The van der Waals surface area contributed by atoms with E-state index < -0.39 is 0 Å². The van der Waals surface area contributed by atoms with Crippen molar-refractivity contribution >= 4 is 33.4 Å². The zero-order valence-corrected chi connectivity index (χ0v) is 14.5. The van der Waals surface area contributed by atoms with Gasteiger partial charge < -0.3 is 0 Å². The van der Waals surface area contributed by atoms with Crippen LogP contribution in [0.1, 0.15) is 20.3 Å². The van der Waals surface area contributed by atoms with Crippen molar-refractivity contribution in [1.29, 1.82) is 0 Å². The van der Waals surface area contributed by atoms with E-state index in [9.17, 15) is 0 Å². The molecule has 2 aromatic heterocycles. The zero-order valence-electron chi connectivity index (χ0n) is 13.7. The second-order valence-electron chi connectivity index (χ2n) is 5.48. The summed E-state index contributed by atoms with van der Waals surface area (Å²) in [4.78, 5) is 12.8. The van der Waals surface area contributed by atoms with Crippen molar-refractivity contribution in [2.45, 2.75) is 20.3 Å². The lowest BCUT2D eigenvalue weighted by Gasteiger charge is -2.07. The van der Waals surface area contributed by atoms with Crippen molar-refractivity contribution < 1.29 is 0 Å². The van der Waals surface area contributed by atoms with Crippen LogP contribution in [0.4, 0.5) is 0 Å². The average Bonchev–Trinajstić information content (AvgIpc) is 2.61. The monoisotopic (exact) mass is 335 g/mol. The lowest BCUT2D eigenvalue weighted by molar-refractivity contribution is 1.09. The number of hydrogen-bond acceptors (Lipinski definition) is 3. The highest BCUT2D eigenvalue weighted by Gasteiger charge is 2.09. The van der Waals surface area contributed by atoms with Gasteiger partial charge in [0, 0.05) is 17.1 Å². The summed E-state index contributed by atoms with van der Waals surface area (Å²) in [7, 11) is 0. The van der Waals surface area contributed by atoms with Gasteiger partial charge in [-0.1, -0.05) is 56.7 Å². The molecule has 0 bridgehead atoms. The van der Waals surface area contributed by atoms with E-state index in [-0.39, 0.29) is 5.28 Å². The van der Waals surface area contributed by atoms with Crippen molar-refractivity contribution in [3.63, 3.8) is 0 Å². The van der Waals surface area contributed by atoms with E-state index in [0.717, 1.165) is 16.6 Å². The quantitative estimate of drug-likeness (QED) is 0.405. The Morgan fingerprint density at radius 3 is 2.42 bits per heavy atom. The van der Waals surface area contributed by atoms with Gasteiger partial charge in [0.1, 0.15) is 0 Å². The van der Waals surface area contributed by atoms with E-state index in [1.165, 1.54) is 17.2 Å². The zero-order chi connectivity index (χ0) is 16.9. The largest absolute Gasteiger partial charge is 0.236 e. The van der Waals surface area contributed by atoms with Crippen LogP contribution in [0.3, 0.4) is 0 Å². The highest BCUT2D eigenvalue weighted by atomic mass is 35.5. The molecule has 0 unspecified atom stereocenters. The number of aromatic nitrogens is 3. The molecule has 4 aromatic rings. The number of halogens is 1. The molecule has 4 rings (SSSR count). The normalized spacial score (nSPS) is 10.5. The fourth-order valence-electron chi connectivity index (χ4n) is 2.49. The Bertz CT molecular complexity index is 982. The summed E-state index contributed by atoms with van der Waals surface area (Å²) in [6.07, 6.45) is 2.95. The molecule has 0 amide bonds. The molecule has 0 spiro atoms. The van der Waals surface area contributed by atoms with E-state index in [0.29, 0.717) is 5.65 Å². The Hall–Kier alpha value is -2.52.